The second-order valence-electron chi connectivity index (χ2n) is 6.03. The smallest absolute Gasteiger partial charge is 0.313 e. The highest BCUT2D eigenvalue weighted by Crippen LogP contribution is 2.08. The average Bonchev–Trinajstić information content (AvgIpc) is 2.36. The fourth-order valence-electron chi connectivity index (χ4n) is 1.08. The first-order chi connectivity index (χ1) is 9.92. The van der Waals surface area contributed by atoms with Gasteiger partial charge >= 0.3 is 11.9 Å². The molecule has 0 rings (SSSR count). The van der Waals surface area contributed by atoms with Crippen LogP contribution in [0.5, 0.6) is 0 Å². The van der Waals surface area contributed by atoms with E-state index >= 15 is 0 Å². The molecule has 0 aromatic rings. The summed E-state index contributed by atoms with van der Waals surface area (Å²) in [6.07, 6.45) is 0.182. The van der Waals surface area contributed by atoms with Gasteiger partial charge in [-0.2, -0.15) is 0 Å². The molecule has 22 heavy (non-hydrogen) atoms. The molecular weight excluding hydrogens is 288 g/mol. The highest BCUT2D eigenvalue weighted by Gasteiger charge is 2.17. The summed E-state index contributed by atoms with van der Waals surface area (Å²) in [4.78, 5) is 43.1. The molecule has 0 atom stereocenters. The normalized spacial score (nSPS) is 10.4. The molecule has 0 aliphatic carbocycles. The van der Waals surface area contributed by atoms with Gasteiger partial charge in [0, 0.05) is 12.3 Å². The van der Waals surface area contributed by atoms with E-state index in [0.717, 1.165) is 0 Å². The molecule has 0 heterocycles. The van der Waals surface area contributed by atoms with Crippen LogP contribution < -0.4 is 0 Å². The molecule has 0 fully saturated rings. The van der Waals surface area contributed by atoms with Gasteiger partial charge in [0.05, 0.1) is 7.11 Å². The number of Topliss-reactive ketones (excluding diaryl/α,β-unsaturated/α-hetero) is 2. The van der Waals surface area contributed by atoms with E-state index in [9.17, 15) is 19.2 Å². The third-order valence-electron chi connectivity index (χ3n) is 2.35. The Morgan fingerprint density at radius 1 is 0.955 bits per heavy atom. The highest BCUT2D eigenvalue weighted by molar-refractivity contribution is 5.96. The number of hydrogen-bond donors (Lipinski definition) is 0. The highest BCUT2D eigenvalue weighted by atomic mass is 16.6. The molecule has 0 N–H and O–H groups in total. The van der Waals surface area contributed by atoms with E-state index in [2.05, 4.69) is 4.74 Å². The number of carbonyl (C=O) groups is 4. The van der Waals surface area contributed by atoms with Gasteiger partial charge in [0.15, 0.2) is 0 Å². The standard InChI is InChI=1S/C9H16O3.C7H12O3/c1-5-7(10)6-8(11)12-9(2,3)4;1-5(2)6(8)4-7(9)10-3/h5-6H2,1-4H3;5H,4H2,1-3H3. The molecule has 0 saturated heterocycles. The summed E-state index contributed by atoms with van der Waals surface area (Å²) in [6, 6.07) is 0. The summed E-state index contributed by atoms with van der Waals surface area (Å²) >= 11 is 0. The summed E-state index contributed by atoms with van der Waals surface area (Å²) in [5.41, 5.74) is -0.495. The van der Waals surface area contributed by atoms with Crippen LogP contribution in [-0.4, -0.2) is 36.2 Å². The summed E-state index contributed by atoms with van der Waals surface area (Å²) in [6.45, 7) is 10.6. The lowest BCUT2D eigenvalue weighted by atomic mass is 10.1. The number of ketones is 2. The lowest BCUT2D eigenvalue weighted by Gasteiger charge is -2.18. The minimum atomic E-state index is -0.495. The molecule has 0 aliphatic rings. The average molecular weight is 316 g/mol. The van der Waals surface area contributed by atoms with Crippen molar-refractivity contribution in [2.75, 3.05) is 7.11 Å². The molecular formula is C16H28O6. The SMILES string of the molecule is CCC(=O)CC(=O)OC(C)(C)C.COC(=O)CC(=O)C(C)C. The molecule has 0 radical (unpaired) electrons. The number of hydrogen-bond acceptors (Lipinski definition) is 6. The van der Waals surface area contributed by atoms with Crippen LogP contribution in [0.1, 0.15) is 60.8 Å². The first-order valence-corrected chi connectivity index (χ1v) is 7.26. The first kappa shape index (κ1) is 22.6. The van der Waals surface area contributed by atoms with Crippen LogP contribution >= 0.6 is 0 Å². The molecule has 0 bridgehead atoms. The Kier molecular flexibility index (Phi) is 11.2. The van der Waals surface area contributed by atoms with Gasteiger partial charge in [-0.25, -0.2) is 0 Å². The Hall–Kier alpha value is -1.72. The van der Waals surface area contributed by atoms with Crippen molar-refractivity contribution in [3.63, 3.8) is 0 Å². The third-order valence-corrected chi connectivity index (χ3v) is 2.35. The maximum absolute atomic E-state index is 11.0. The Balaban J connectivity index is 0. The Labute approximate surface area is 132 Å². The van der Waals surface area contributed by atoms with Crippen molar-refractivity contribution in [2.24, 2.45) is 5.92 Å². The van der Waals surface area contributed by atoms with Gasteiger partial charge in [0.2, 0.25) is 0 Å². The zero-order chi connectivity index (χ0) is 17.9. The second kappa shape index (κ2) is 10.9. The molecule has 0 saturated carbocycles. The summed E-state index contributed by atoms with van der Waals surface area (Å²) in [5, 5.41) is 0. The van der Waals surface area contributed by atoms with Crippen LogP contribution in [0.4, 0.5) is 0 Å². The quantitative estimate of drug-likeness (QED) is 0.552. The minimum Gasteiger partial charge on any atom is -0.469 e. The summed E-state index contributed by atoms with van der Waals surface area (Å²) in [5.74, 6) is -1.14. The van der Waals surface area contributed by atoms with Crippen molar-refractivity contribution in [3.05, 3.63) is 0 Å². The molecule has 0 unspecified atom stereocenters. The van der Waals surface area contributed by atoms with Crippen LogP contribution in [0.15, 0.2) is 0 Å². The zero-order valence-corrected chi connectivity index (χ0v) is 14.6. The predicted molar refractivity (Wildman–Crippen MR) is 82.2 cm³/mol. The Morgan fingerprint density at radius 2 is 1.45 bits per heavy atom. The number of carbonyl (C=O) groups excluding carboxylic acids is 4. The molecule has 0 aromatic carbocycles. The molecule has 0 aliphatic heterocycles. The van der Waals surface area contributed by atoms with Gasteiger partial charge in [-0.1, -0.05) is 20.8 Å². The fourth-order valence-corrected chi connectivity index (χ4v) is 1.08. The number of methoxy groups -OCH3 is 1. The maximum Gasteiger partial charge on any atom is 0.313 e. The Bertz CT molecular complexity index is 390. The van der Waals surface area contributed by atoms with Crippen molar-refractivity contribution in [1.82, 2.24) is 0 Å². The van der Waals surface area contributed by atoms with E-state index in [1.807, 2.05) is 0 Å². The lowest BCUT2D eigenvalue weighted by molar-refractivity contribution is -0.156. The minimum absolute atomic E-state index is 0.0770. The van der Waals surface area contributed by atoms with Crippen molar-refractivity contribution in [3.8, 4) is 0 Å². The van der Waals surface area contributed by atoms with Gasteiger partial charge in [0.25, 0.3) is 0 Å². The topological polar surface area (TPSA) is 86.7 Å². The van der Waals surface area contributed by atoms with Crippen molar-refractivity contribution < 1.29 is 28.7 Å². The van der Waals surface area contributed by atoms with E-state index in [1.54, 1.807) is 41.5 Å². The number of rotatable bonds is 6. The predicted octanol–water partition coefficient (Wildman–Crippen LogP) is 2.47. The van der Waals surface area contributed by atoms with E-state index in [0.29, 0.717) is 6.42 Å². The Morgan fingerprint density at radius 3 is 1.77 bits per heavy atom. The molecule has 0 aromatic heterocycles. The van der Waals surface area contributed by atoms with Gasteiger partial charge in [0.1, 0.15) is 30.0 Å². The van der Waals surface area contributed by atoms with E-state index < -0.39 is 17.5 Å². The molecule has 0 spiro atoms. The van der Waals surface area contributed by atoms with Crippen LogP contribution in [-0.2, 0) is 28.7 Å². The molecule has 128 valence electrons. The summed E-state index contributed by atoms with van der Waals surface area (Å²) < 4.78 is 9.26. The third kappa shape index (κ3) is 14.7. The first-order valence-electron chi connectivity index (χ1n) is 7.26. The number of esters is 2. The number of ether oxygens (including phenoxy) is 2. The maximum atomic E-state index is 11.0. The van der Waals surface area contributed by atoms with Gasteiger partial charge in [-0.3, -0.25) is 19.2 Å². The van der Waals surface area contributed by atoms with Gasteiger partial charge in [-0.05, 0) is 20.8 Å². The van der Waals surface area contributed by atoms with Crippen LogP contribution in [0.25, 0.3) is 0 Å². The van der Waals surface area contributed by atoms with Gasteiger partial charge < -0.3 is 9.47 Å². The van der Waals surface area contributed by atoms with E-state index in [4.69, 9.17) is 4.74 Å². The monoisotopic (exact) mass is 316 g/mol. The van der Waals surface area contributed by atoms with Crippen LogP contribution in [0.2, 0.25) is 0 Å². The van der Waals surface area contributed by atoms with Gasteiger partial charge in [-0.15, -0.1) is 0 Å². The zero-order valence-electron chi connectivity index (χ0n) is 14.6. The van der Waals surface area contributed by atoms with Crippen molar-refractivity contribution in [1.29, 1.82) is 0 Å². The summed E-state index contributed by atoms with van der Waals surface area (Å²) in [7, 11) is 1.27. The van der Waals surface area contributed by atoms with Crippen LogP contribution in [0, 0.1) is 5.92 Å². The molecule has 0 amide bonds. The van der Waals surface area contributed by atoms with Crippen LogP contribution in [0.3, 0.4) is 0 Å². The molecule has 6 heteroatoms. The fraction of sp³-hybridized carbons (Fsp3) is 0.750. The van der Waals surface area contributed by atoms with Crippen molar-refractivity contribution >= 4 is 23.5 Å². The second-order valence-corrected chi connectivity index (χ2v) is 6.03. The van der Waals surface area contributed by atoms with Crippen molar-refractivity contribution in [2.45, 2.75) is 66.4 Å². The van der Waals surface area contributed by atoms with E-state index in [1.165, 1.54) is 7.11 Å². The lowest BCUT2D eigenvalue weighted by Crippen LogP contribution is -2.25. The largest absolute Gasteiger partial charge is 0.469 e. The molecule has 6 nitrogen and oxygen atoms in total. The van der Waals surface area contributed by atoms with E-state index in [-0.39, 0.29) is 30.3 Å².